The summed E-state index contributed by atoms with van der Waals surface area (Å²) in [5.41, 5.74) is 1.21. The molecular formula is C18H14ClFN2O3S. The number of imide groups is 1. The Morgan fingerprint density at radius 2 is 1.96 bits per heavy atom. The Morgan fingerprint density at radius 3 is 2.65 bits per heavy atom. The molecule has 26 heavy (non-hydrogen) atoms. The maximum atomic E-state index is 13.0. The first kappa shape index (κ1) is 18.3. The first-order chi connectivity index (χ1) is 12.5. The number of hydrogen-bond acceptors (Lipinski definition) is 5. The molecule has 1 fully saturated rings. The Kier molecular flexibility index (Phi) is 5.49. The van der Waals surface area contributed by atoms with Crippen molar-refractivity contribution in [1.82, 2.24) is 4.90 Å². The van der Waals surface area contributed by atoms with E-state index in [0.717, 1.165) is 16.7 Å². The molecule has 0 bridgehead atoms. The largest absolute Gasteiger partial charge is 0.495 e. The molecule has 2 aromatic carbocycles. The van der Waals surface area contributed by atoms with Gasteiger partial charge in [-0.15, -0.1) is 0 Å². The van der Waals surface area contributed by atoms with Crippen LogP contribution in [0.15, 0.2) is 47.4 Å². The van der Waals surface area contributed by atoms with E-state index in [9.17, 15) is 14.0 Å². The molecule has 0 aromatic heterocycles. The Bertz CT molecular complexity index is 887. The Morgan fingerprint density at radius 1 is 1.23 bits per heavy atom. The molecule has 0 saturated carbocycles. The first-order valence-corrected chi connectivity index (χ1v) is 8.76. The molecule has 3 rings (SSSR count). The van der Waals surface area contributed by atoms with Crippen molar-refractivity contribution in [1.29, 1.82) is 0 Å². The highest BCUT2D eigenvalue weighted by atomic mass is 35.5. The summed E-state index contributed by atoms with van der Waals surface area (Å²) >= 11 is 6.80. The van der Waals surface area contributed by atoms with Gasteiger partial charge >= 0.3 is 0 Å². The van der Waals surface area contributed by atoms with Crippen LogP contribution in [0.5, 0.6) is 5.75 Å². The quantitative estimate of drug-likeness (QED) is 0.754. The average molecular weight is 393 g/mol. The number of hydrogen-bond donors (Lipinski definition) is 1. The van der Waals surface area contributed by atoms with Crippen LogP contribution in [0, 0.1) is 5.82 Å². The molecule has 1 N–H and O–H groups in total. The molecule has 0 unspecified atom stereocenters. The van der Waals surface area contributed by atoms with Crippen LogP contribution in [0.4, 0.5) is 14.9 Å². The lowest BCUT2D eigenvalue weighted by molar-refractivity contribution is -0.122. The standard InChI is InChI=1S/C18H14ClFN2O3S/c1-25-15-7-4-12(19)9-14(15)21-10-22-17(23)16(26-18(22)24)8-11-2-5-13(20)6-3-11/h2-9,21H,10H2,1H3. The third-order valence-corrected chi connectivity index (χ3v) is 4.77. The zero-order valence-corrected chi connectivity index (χ0v) is 15.2. The lowest BCUT2D eigenvalue weighted by Gasteiger charge is -2.16. The molecule has 1 aliphatic heterocycles. The van der Waals surface area contributed by atoms with Crippen LogP contribution in [0.25, 0.3) is 6.08 Å². The van der Waals surface area contributed by atoms with E-state index >= 15 is 0 Å². The molecule has 8 heteroatoms. The van der Waals surface area contributed by atoms with Gasteiger partial charge in [-0.05, 0) is 53.7 Å². The van der Waals surface area contributed by atoms with Crippen LogP contribution >= 0.6 is 23.4 Å². The lowest BCUT2D eigenvalue weighted by atomic mass is 10.2. The van der Waals surface area contributed by atoms with E-state index in [-0.39, 0.29) is 17.4 Å². The molecule has 1 saturated heterocycles. The summed E-state index contributed by atoms with van der Waals surface area (Å²) in [5.74, 6) is -0.240. The lowest BCUT2D eigenvalue weighted by Crippen LogP contribution is -2.33. The number of anilines is 1. The smallest absolute Gasteiger partial charge is 0.295 e. The van der Waals surface area contributed by atoms with Crippen molar-refractivity contribution in [3.05, 3.63) is 63.8 Å². The maximum Gasteiger partial charge on any atom is 0.295 e. The van der Waals surface area contributed by atoms with Gasteiger partial charge in [-0.25, -0.2) is 4.39 Å². The summed E-state index contributed by atoms with van der Waals surface area (Å²) in [6.45, 7) is -0.0257. The number of ether oxygens (including phenoxy) is 1. The number of carbonyl (C=O) groups excluding carboxylic acids is 2. The predicted octanol–water partition coefficient (Wildman–Crippen LogP) is 4.59. The van der Waals surface area contributed by atoms with Gasteiger partial charge in [-0.1, -0.05) is 23.7 Å². The van der Waals surface area contributed by atoms with Gasteiger partial charge < -0.3 is 10.1 Å². The summed E-state index contributed by atoms with van der Waals surface area (Å²) in [6.07, 6.45) is 1.56. The fourth-order valence-electron chi connectivity index (χ4n) is 2.33. The topological polar surface area (TPSA) is 58.6 Å². The average Bonchev–Trinajstić information content (AvgIpc) is 2.88. The van der Waals surface area contributed by atoms with Crippen molar-refractivity contribution in [3.63, 3.8) is 0 Å². The molecule has 0 atom stereocenters. The van der Waals surface area contributed by atoms with E-state index in [1.165, 1.54) is 19.2 Å². The zero-order valence-electron chi connectivity index (χ0n) is 13.7. The second-order valence-electron chi connectivity index (χ2n) is 5.34. The van der Waals surface area contributed by atoms with E-state index in [1.807, 2.05) is 0 Å². The van der Waals surface area contributed by atoms with Crippen LogP contribution in [-0.2, 0) is 4.79 Å². The molecule has 5 nitrogen and oxygen atoms in total. The van der Waals surface area contributed by atoms with Crippen molar-refractivity contribution in [3.8, 4) is 5.75 Å². The van der Waals surface area contributed by atoms with E-state index in [1.54, 1.807) is 36.4 Å². The van der Waals surface area contributed by atoms with Gasteiger partial charge in [0.2, 0.25) is 0 Å². The van der Waals surface area contributed by atoms with Gasteiger partial charge in [-0.3, -0.25) is 14.5 Å². The minimum absolute atomic E-state index is 0.0257. The van der Waals surface area contributed by atoms with Gasteiger partial charge in [0.05, 0.1) is 24.4 Å². The van der Waals surface area contributed by atoms with Gasteiger partial charge in [0, 0.05) is 5.02 Å². The first-order valence-electron chi connectivity index (χ1n) is 7.56. The Balaban J connectivity index is 1.73. The van der Waals surface area contributed by atoms with Crippen molar-refractivity contribution < 1.29 is 18.7 Å². The van der Waals surface area contributed by atoms with Gasteiger partial charge in [-0.2, -0.15) is 0 Å². The Labute approximate surface area is 158 Å². The number of halogens is 2. The summed E-state index contributed by atoms with van der Waals surface area (Å²) in [4.78, 5) is 26.0. The second-order valence-corrected chi connectivity index (χ2v) is 6.77. The number of benzene rings is 2. The van der Waals surface area contributed by atoms with E-state index < -0.39 is 11.1 Å². The SMILES string of the molecule is COc1ccc(Cl)cc1NCN1C(=O)SC(=Cc2ccc(F)cc2)C1=O. The predicted molar refractivity (Wildman–Crippen MR) is 101 cm³/mol. The van der Waals surface area contributed by atoms with E-state index in [0.29, 0.717) is 22.0 Å². The van der Waals surface area contributed by atoms with Crippen LogP contribution in [-0.4, -0.2) is 29.8 Å². The summed E-state index contributed by atoms with van der Waals surface area (Å²) in [7, 11) is 1.51. The Hall–Kier alpha value is -2.51. The molecule has 2 aromatic rings. The van der Waals surface area contributed by atoms with Crippen LogP contribution < -0.4 is 10.1 Å². The van der Waals surface area contributed by atoms with E-state index in [2.05, 4.69) is 5.32 Å². The zero-order chi connectivity index (χ0) is 18.7. The molecule has 134 valence electrons. The number of rotatable bonds is 5. The minimum Gasteiger partial charge on any atom is -0.495 e. The monoisotopic (exact) mass is 392 g/mol. The molecule has 2 amide bonds. The van der Waals surface area contributed by atoms with E-state index in [4.69, 9.17) is 16.3 Å². The summed E-state index contributed by atoms with van der Waals surface area (Å²) in [6, 6.07) is 10.7. The molecule has 0 radical (unpaired) electrons. The van der Waals surface area contributed by atoms with Crippen LogP contribution in [0.2, 0.25) is 5.02 Å². The maximum absolute atomic E-state index is 13.0. The molecule has 0 aliphatic carbocycles. The van der Waals surface area contributed by atoms with Crippen molar-refractivity contribution in [2.24, 2.45) is 0 Å². The number of carbonyl (C=O) groups is 2. The summed E-state index contributed by atoms with van der Waals surface area (Å²) in [5, 5.41) is 3.09. The second kappa shape index (κ2) is 7.80. The highest BCUT2D eigenvalue weighted by molar-refractivity contribution is 8.18. The van der Waals surface area contributed by atoms with Gasteiger partial charge in [0.15, 0.2) is 0 Å². The number of nitrogens with one attached hydrogen (secondary N) is 1. The number of nitrogens with zero attached hydrogens (tertiary/aromatic N) is 1. The number of methoxy groups -OCH3 is 1. The van der Waals surface area contributed by atoms with Crippen molar-refractivity contribution in [2.45, 2.75) is 0 Å². The van der Waals surface area contributed by atoms with Gasteiger partial charge in [0.25, 0.3) is 11.1 Å². The van der Waals surface area contributed by atoms with Crippen molar-refractivity contribution in [2.75, 3.05) is 19.1 Å². The van der Waals surface area contributed by atoms with Crippen LogP contribution in [0.1, 0.15) is 5.56 Å². The number of amides is 2. The molecule has 1 heterocycles. The highest BCUT2D eigenvalue weighted by Crippen LogP contribution is 2.33. The highest BCUT2D eigenvalue weighted by Gasteiger charge is 2.34. The van der Waals surface area contributed by atoms with Crippen LogP contribution in [0.3, 0.4) is 0 Å². The molecule has 0 spiro atoms. The third kappa shape index (κ3) is 4.00. The summed E-state index contributed by atoms with van der Waals surface area (Å²) < 4.78 is 18.2. The minimum atomic E-state index is -0.419. The third-order valence-electron chi connectivity index (χ3n) is 3.63. The van der Waals surface area contributed by atoms with Gasteiger partial charge in [0.1, 0.15) is 11.6 Å². The molecular weight excluding hydrogens is 379 g/mol. The fraction of sp³-hybridized carbons (Fsp3) is 0.111. The normalized spacial score (nSPS) is 15.7. The van der Waals surface area contributed by atoms with Crippen molar-refractivity contribution >= 4 is 46.3 Å². The fourth-order valence-corrected chi connectivity index (χ4v) is 3.34. The molecule has 1 aliphatic rings. The number of thioether (sulfide) groups is 1.